The molecule has 0 radical (unpaired) electrons. The van der Waals surface area contributed by atoms with Gasteiger partial charge in [-0.3, -0.25) is 4.90 Å². The molecule has 1 N–H and O–H groups in total. The molecule has 0 amide bonds. The largest absolute Gasteiger partial charge is 0.494 e. The number of carboxylic acid groups (broad SMARTS) is 1. The van der Waals surface area contributed by atoms with E-state index in [0.717, 1.165) is 37.4 Å². The molecular formula is C19H21FN2O3. The van der Waals surface area contributed by atoms with Crippen molar-refractivity contribution < 1.29 is 19.0 Å². The molecule has 0 saturated carbocycles. The third-order valence-corrected chi connectivity index (χ3v) is 4.51. The quantitative estimate of drug-likeness (QED) is 0.904. The van der Waals surface area contributed by atoms with Crippen molar-refractivity contribution in [3.8, 4) is 5.75 Å². The molecule has 1 aliphatic heterocycles. The molecule has 2 aromatic carbocycles. The van der Waals surface area contributed by atoms with E-state index in [1.807, 2.05) is 12.1 Å². The highest BCUT2D eigenvalue weighted by Crippen LogP contribution is 2.25. The fourth-order valence-corrected chi connectivity index (χ4v) is 3.12. The van der Waals surface area contributed by atoms with E-state index < -0.39 is 5.97 Å². The number of hydrogen-bond acceptors (Lipinski definition) is 4. The molecule has 0 aliphatic carbocycles. The van der Waals surface area contributed by atoms with E-state index in [1.165, 1.54) is 13.2 Å². The van der Waals surface area contributed by atoms with Crippen molar-refractivity contribution in [3.05, 3.63) is 59.4 Å². The Kier molecular flexibility index (Phi) is 5.19. The standard InChI is InChI=1S/C19H21FN2O3/c1-25-18-12-15(6-7-17(18)20)22-10-8-21(9-11-22)13-14-4-2-3-5-16(14)19(23)24/h2-7,12H,8-11,13H2,1H3,(H,23,24). The highest BCUT2D eigenvalue weighted by Gasteiger charge is 2.20. The monoisotopic (exact) mass is 344 g/mol. The molecule has 3 rings (SSSR count). The van der Waals surface area contributed by atoms with Crippen LogP contribution >= 0.6 is 0 Å². The number of nitrogens with zero attached hydrogens (tertiary/aromatic N) is 2. The Morgan fingerprint density at radius 3 is 2.56 bits per heavy atom. The van der Waals surface area contributed by atoms with Crippen molar-refractivity contribution in [2.24, 2.45) is 0 Å². The Balaban J connectivity index is 1.64. The predicted octanol–water partition coefficient (Wildman–Crippen LogP) is 2.85. The maximum atomic E-state index is 13.5. The maximum Gasteiger partial charge on any atom is 0.336 e. The molecule has 1 heterocycles. The number of piperazine rings is 1. The van der Waals surface area contributed by atoms with Crippen LogP contribution in [0, 0.1) is 5.82 Å². The molecule has 1 saturated heterocycles. The lowest BCUT2D eigenvalue weighted by Crippen LogP contribution is -2.46. The number of halogens is 1. The zero-order chi connectivity index (χ0) is 17.8. The molecule has 25 heavy (non-hydrogen) atoms. The zero-order valence-corrected chi connectivity index (χ0v) is 14.1. The summed E-state index contributed by atoms with van der Waals surface area (Å²) in [6.45, 7) is 3.83. The van der Waals surface area contributed by atoms with E-state index in [9.17, 15) is 14.3 Å². The minimum atomic E-state index is -0.896. The number of methoxy groups -OCH3 is 1. The van der Waals surface area contributed by atoms with Crippen molar-refractivity contribution in [1.29, 1.82) is 0 Å². The average Bonchev–Trinajstić information content (AvgIpc) is 2.63. The first kappa shape index (κ1) is 17.2. The first-order valence-corrected chi connectivity index (χ1v) is 8.20. The van der Waals surface area contributed by atoms with E-state index in [-0.39, 0.29) is 11.6 Å². The number of carbonyl (C=O) groups is 1. The Morgan fingerprint density at radius 2 is 1.88 bits per heavy atom. The minimum Gasteiger partial charge on any atom is -0.494 e. The third kappa shape index (κ3) is 3.91. The van der Waals surface area contributed by atoms with Crippen LogP contribution in [0.5, 0.6) is 5.75 Å². The van der Waals surface area contributed by atoms with Crippen LogP contribution in [0.15, 0.2) is 42.5 Å². The second kappa shape index (κ2) is 7.53. The van der Waals surface area contributed by atoms with Crippen LogP contribution in [0.3, 0.4) is 0 Å². The molecule has 5 nitrogen and oxygen atoms in total. The van der Waals surface area contributed by atoms with Gasteiger partial charge in [-0.15, -0.1) is 0 Å². The predicted molar refractivity (Wildman–Crippen MR) is 93.8 cm³/mol. The third-order valence-electron chi connectivity index (χ3n) is 4.51. The first-order valence-electron chi connectivity index (χ1n) is 8.20. The maximum absolute atomic E-state index is 13.5. The molecule has 2 aromatic rings. The van der Waals surface area contributed by atoms with E-state index in [4.69, 9.17) is 4.74 Å². The zero-order valence-electron chi connectivity index (χ0n) is 14.1. The summed E-state index contributed by atoms with van der Waals surface area (Å²) in [5.74, 6) is -1.02. The lowest BCUT2D eigenvalue weighted by Gasteiger charge is -2.36. The number of carboxylic acids is 1. The number of ether oxygens (including phenoxy) is 1. The summed E-state index contributed by atoms with van der Waals surface area (Å²) in [7, 11) is 1.46. The van der Waals surface area contributed by atoms with E-state index in [2.05, 4.69) is 9.80 Å². The Morgan fingerprint density at radius 1 is 1.16 bits per heavy atom. The molecule has 6 heteroatoms. The van der Waals surface area contributed by atoms with Crippen molar-refractivity contribution in [3.63, 3.8) is 0 Å². The molecule has 0 spiro atoms. The van der Waals surface area contributed by atoms with Gasteiger partial charge in [-0.05, 0) is 23.8 Å². The number of aromatic carboxylic acids is 1. The van der Waals surface area contributed by atoms with Crippen molar-refractivity contribution in [2.45, 2.75) is 6.54 Å². The van der Waals surface area contributed by atoms with Crippen LogP contribution in [0.4, 0.5) is 10.1 Å². The minimum absolute atomic E-state index is 0.246. The molecule has 1 aliphatic rings. The lowest BCUT2D eigenvalue weighted by molar-refractivity contribution is 0.0694. The summed E-state index contributed by atoms with van der Waals surface area (Å²) in [5.41, 5.74) is 2.11. The van der Waals surface area contributed by atoms with Crippen molar-refractivity contribution in [1.82, 2.24) is 4.90 Å². The Labute approximate surface area is 146 Å². The fourth-order valence-electron chi connectivity index (χ4n) is 3.12. The molecule has 0 bridgehead atoms. The smallest absolute Gasteiger partial charge is 0.336 e. The van der Waals surface area contributed by atoms with Gasteiger partial charge < -0.3 is 14.7 Å². The Bertz CT molecular complexity index is 758. The summed E-state index contributed by atoms with van der Waals surface area (Å²) in [5, 5.41) is 9.29. The molecule has 1 fully saturated rings. The van der Waals surface area contributed by atoms with Crippen LogP contribution in [0.2, 0.25) is 0 Å². The van der Waals surface area contributed by atoms with Gasteiger partial charge in [-0.25, -0.2) is 9.18 Å². The van der Waals surface area contributed by atoms with Crippen LogP contribution in [-0.2, 0) is 6.54 Å². The summed E-state index contributed by atoms with van der Waals surface area (Å²) in [6, 6.07) is 12.0. The van der Waals surface area contributed by atoms with Gasteiger partial charge in [-0.1, -0.05) is 18.2 Å². The van der Waals surface area contributed by atoms with Gasteiger partial charge in [0.05, 0.1) is 12.7 Å². The van der Waals surface area contributed by atoms with E-state index >= 15 is 0 Å². The van der Waals surface area contributed by atoms with Crippen LogP contribution in [-0.4, -0.2) is 49.3 Å². The summed E-state index contributed by atoms with van der Waals surface area (Å²) in [4.78, 5) is 15.7. The summed E-state index contributed by atoms with van der Waals surface area (Å²) >= 11 is 0. The molecule has 0 atom stereocenters. The second-order valence-corrected chi connectivity index (χ2v) is 6.04. The number of benzene rings is 2. The number of rotatable bonds is 5. The lowest BCUT2D eigenvalue weighted by atomic mass is 10.1. The van der Waals surface area contributed by atoms with Gasteiger partial charge in [0, 0.05) is 44.5 Å². The first-order chi connectivity index (χ1) is 12.1. The molecule has 0 unspecified atom stereocenters. The average molecular weight is 344 g/mol. The van der Waals surface area contributed by atoms with Gasteiger partial charge in [-0.2, -0.15) is 0 Å². The summed E-state index contributed by atoms with van der Waals surface area (Å²) in [6.07, 6.45) is 0. The van der Waals surface area contributed by atoms with Gasteiger partial charge in [0.2, 0.25) is 0 Å². The topological polar surface area (TPSA) is 53.0 Å². The van der Waals surface area contributed by atoms with Crippen molar-refractivity contribution >= 4 is 11.7 Å². The summed E-state index contributed by atoms with van der Waals surface area (Å²) < 4.78 is 18.6. The fraction of sp³-hybridized carbons (Fsp3) is 0.316. The van der Waals surface area contributed by atoms with Gasteiger partial charge >= 0.3 is 5.97 Å². The van der Waals surface area contributed by atoms with Crippen LogP contribution in [0.1, 0.15) is 15.9 Å². The van der Waals surface area contributed by atoms with Gasteiger partial charge in [0.25, 0.3) is 0 Å². The van der Waals surface area contributed by atoms with Crippen molar-refractivity contribution in [2.75, 3.05) is 38.2 Å². The van der Waals surface area contributed by atoms with Gasteiger partial charge in [0.1, 0.15) is 0 Å². The van der Waals surface area contributed by atoms with E-state index in [1.54, 1.807) is 24.3 Å². The number of hydrogen-bond donors (Lipinski definition) is 1. The SMILES string of the molecule is COc1cc(N2CCN(Cc3ccccc3C(=O)O)CC2)ccc1F. The molecule has 0 aromatic heterocycles. The highest BCUT2D eigenvalue weighted by molar-refractivity contribution is 5.89. The number of anilines is 1. The van der Waals surface area contributed by atoms with E-state index in [0.29, 0.717) is 12.1 Å². The van der Waals surface area contributed by atoms with Crippen LogP contribution in [0.25, 0.3) is 0 Å². The highest BCUT2D eigenvalue weighted by atomic mass is 19.1. The Hall–Kier alpha value is -2.60. The van der Waals surface area contributed by atoms with Crippen LogP contribution < -0.4 is 9.64 Å². The molecular weight excluding hydrogens is 323 g/mol. The second-order valence-electron chi connectivity index (χ2n) is 6.04. The van der Waals surface area contributed by atoms with Gasteiger partial charge in [0.15, 0.2) is 11.6 Å². The normalized spacial score (nSPS) is 15.2. The molecule has 132 valence electrons.